The summed E-state index contributed by atoms with van der Waals surface area (Å²) in [5.74, 6) is 2.68. The van der Waals surface area contributed by atoms with Crippen LogP contribution < -0.4 is 0 Å². The molecule has 1 heteroatoms. The van der Waals surface area contributed by atoms with E-state index in [1.54, 1.807) is 0 Å². The molecule has 1 aliphatic rings. The monoisotopic (exact) mass is 157 g/mol. The molecule has 0 heterocycles. The fourth-order valence-electron chi connectivity index (χ4n) is 2.22. The van der Waals surface area contributed by atoms with Crippen molar-refractivity contribution in [1.29, 1.82) is 0 Å². The van der Waals surface area contributed by atoms with Gasteiger partial charge in [-0.3, -0.25) is 0 Å². The summed E-state index contributed by atoms with van der Waals surface area (Å²) >= 11 is 0. The molecule has 1 saturated carbocycles. The molecular formula is C9H18P-. The molecule has 1 aliphatic carbocycles. The van der Waals surface area contributed by atoms with Gasteiger partial charge in [0.05, 0.1) is 0 Å². The van der Waals surface area contributed by atoms with Crippen molar-refractivity contribution in [3.63, 3.8) is 0 Å². The predicted molar refractivity (Wildman–Crippen MR) is 48.8 cm³/mol. The second-order valence-electron chi connectivity index (χ2n) is 4.06. The molecule has 0 nitrogen and oxygen atoms in total. The zero-order valence-electron chi connectivity index (χ0n) is 7.22. The first kappa shape index (κ1) is 8.53. The van der Waals surface area contributed by atoms with Crippen molar-refractivity contribution >= 4 is 9.24 Å². The van der Waals surface area contributed by atoms with Crippen LogP contribution >= 0.6 is 9.24 Å². The van der Waals surface area contributed by atoms with Crippen LogP contribution in [0.2, 0.25) is 0 Å². The maximum absolute atomic E-state index is 3.80. The van der Waals surface area contributed by atoms with Crippen LogP contribution in [0.3, 0.4) is 0 Å². The second kappa shape index (κ2) is 3.22. The van der Waals surface area contributed by atoms with Crippen LogP contribution in [0.15, 0.2) is 0 Å². The lowest BCUT2D eigenvalue weighted by Crippen LogP contribution is -2.28. The molecule has 2 atom stereocenters. The zero-order chi connectivity index (χ0) is 7.72. The molecule has 2 unspecified atom stereocenters. The molecule has 60 valence electrons. The SMILES string of the molecule is CC1CC(C)C([PH-])C(C)C1. The summed E-state index contributed by atoms with van der Waals surface area (Å²) in [6.07, 6.45) is 2.80. The van der Waals surface area contributed by atoms with Gasteiger partial charge < -0.3 is 9.24 Å². The summed E-state index contributed by atoms with van der Waals surface area (Å²) in [4.78, 5) is 0. The number of hydrogen-bond donors (Lipinski definition) is 0. The Kier molecular flexibility index (Phi) is 2.74. The molecular weight excluding hydrogens is 139 g/mol. The molecule has 0 N–H and O–H groups in total. The van der Waals surface area contributed by atoms with Crippen molar-refractivity contribution in [2.45, 2.75) is 39.3 Å². The summed E-state index contributed by atoms with van der Waals surface area (Å²) in [5.41, 5.74) is 0.760. The minimum absolute atomic E-state index is 0.760. The lowest BCUT2D eigenvalue weighted by molar-refractivity contribution is 0.243. The van der Waals surface area contributed by atoms with Gasteiger partial charge in [0.25, 0.3) is 0 Å². The van der Waals surface area contributed by atoms with Gasteiger partial charge in [-0.1, -0.05) is 45.4 Å². The Balaban J connectivity index is 2.49. The normalized spacial score (nSPS) is 49.2. The second-order valence-corrected chi connectivity index (χ2v) is 4.72. The van der Waals surface area contributed by atoms with Gasteiger partial charge in [-0.25, -0.2) is 0 Å². The van der Waals surface area contributed by atoms with E-state index in [2.05, 4.69) is 30.0 Å². The summed E-state index contributed by atoms with van der Waals surface area (Å²) in [6, 6.07) is 0. The Labute approximate surface area is 67.0 Å². The van der Waals surface area contributed by atoms with Gasteiger partial charge in [-0.2, -0.15) is 5.66 Å². The van der Waals surface area contributed by atoms with Gasteiger partial charge in [0.2, 0.25) is 0 Å². The fourth-order valence-corrected chi connectivity index (χ4v) is 2.49. The molecule has 0 aromatic rings. The molecule has 0 spiro atoms. The third-order valence-electron chi connectivity index (χ3n) is 2.77. The molecule has 0 saturated heterocycles. The molecule has 1 rings (SSSR count). The summed E-state index contributed by atoms with van der Waals surface area (Å²) in [7, 11) is 3.80. The van der Waals surface area contributed by atoms with Crippen molar-refractivity contribution in [3.05, 3.63) is 0 Å². The molecule has 0 radical (unpaired) electrons. The molecule has 0 bridgehead atoms. The maximum Gasteiger partial charge on any atom is -0.0439 e. The smallest absolute Gasteiger partial charge is 0.0439 e. The summed E-state index contributed by atoms with van der Waals surface area (Å²) in [5, 5.41) is 0. The van der Waals surface area contributed by atoms with Crippen molar-refractivity contribution in [3.8, 4) is 0 Å². The maximum atomic E-state index is 3.80. The molecule has 1 fully saturated rings. The van der Waals surface area contributed by atoms with E-state index < -0.39 is 0 Å². The van der Waals surface area contributed by atoms with Crippen LogP contribution in [0.4, 0.5) is 0 Å². The third kappa shape index (κ3) is 1.72. The molecule has 0 amide bonds. The van der Waals surface area contributed by atoms with E-state index in [0.717, 1.165) is 23.4 Å². The Hall–Kier alpha value is 0.430. The van der Waals surface area contributed by atoms with Crippen molar-refractivity contribution < 1.29 is 0 Å². The molecule has 0 aromatic heterocycles. The summed E-state index contributed by atoms with van der Waals surface area (Å²) in [6.45, 7) is 7.07. The van der Waals surface area contributed by atoms with Crippen LogP contribution in [0.5, 0.6) is 0 Å². The standard InChI is InChI=1S/C9H18P/c1-6-4-7(2)9(10)8(3)5-6/h6-10H,4-5H2,1-3H3/q-1. The first-order valence-electron chi connectivity index (χ1n) is 4.32. The lowest BCUT2D eigenvalue weighted by Gasteiger charge is -2.41. The largest absolute Gasteiger partial charge is 0.554 e. The van der Waals surface area contributed by atoms with Gasteiger partial charge in [0.15, 0.2) is 0 Å². The van der Waals surface area contributed by atoms with E-state index in [0.29, 0.717) is 0 Å². The molecule has 0 aromatic carbocycles. The zero-order valence-corrected chi connectivity index (χ0v) is 8.22. The van der Waals surface area contributed by atoms with Gasteiger partial charge >= 0.3 is 0 Å². The lowest BCUT2D eigenvalue weighted by atomic mass is 9.77. The van der Waals surface area contributed by atoms with Crippen LogP contribution in [0, 0.1) is 17.8 Å². The van der Waals surface area contributed by atoms with Gasteiger partial charge in [-0.15, -0.1) is 0 Å². The topological polar surface area (TPSA) is 0 Å². The van der Waals surface area contributed by atoms with E-state index in [9.17, 15) is 0 Å². The average Bonchev–Trinajstić information content (AvgIpc) is 1.82. The number of rotatable bonds is 0. The Morgan fingerprint density at radius 3 is 1.80 bits per heavy atom. The summed E-state index contributed by atoms with van der Waals surface area (Å²) < 4.78 is 0. The Morgan fingerprint density at radius 1 is 1.00 bits per heavy atom. The Bertz CT molecular complexity index is 99.3. The first-order chi connectivity index (χ1) is 4.61. The number of hydrogen-bond acceptors (Lipinski definition) is 0. The molecule has 10 heavy (non-hydrogen) atoms. The van der Waals surface area contributed by atoms with Crippen LogP contribution in [0.1, 0.15) is 33.6 Å². The van der Waals surface area contributed by atoms with E-state index in [4.69, 9.17) is 0 Å². The van der Waals surface area contributed by atoms with Crippen molar-refractivity contribution in [2.75, 3.05) is 0 Å². The van der Waals surface area contributed by atoms with E-state index in [1.807, 2.05) is 0 Å². The van der Waals surface area contributed by atoms with Gasteiger partial charge in [-0.05, 0) is 5.92 Å². The van der Waals surface area contributed by atoms with Crippen LogP contribution in [0.25, 0.3) is 0 Å². The van der Waals surface area contributed by atoms with E-state index >= 15 is 0 Å². The van der Waals surface area contributed by atoms with Crippen LogP contribution in [-0.4, -0.2) is 5.66 Å². The van der Waals surface area contributed by atoms with Gasteiger partial charge in [0, 0.05) is 0 Å². The highest BCUT2D eigenvalue weighted by Crippen LogP contribution is 2.37. The molecule has 0 aliphatic heterocycles. The quantitative estimate of drug-likeness (QED) is 0.474. The minimum Gasteiger partial charge on any atom is -0.554 e. The highest BCUT2D eigenvalue weighted by atomic mass is 31.0. The highest BCUT2D eigenvalue weighted by Gasteiger charge is 2.22. The van der Waals surface area contributed by atoms with Crippen molar-refractivity contribution in [1.82, 2.24) is 0 Å². The van der Waals surface area contributed by atoms with Crippen LogP contribution in [-0.2, 0) is 0 Å². The van der Waals surface area contributed by atoms with E-state index in [-0.39, 0.29) is 0 Å². The fraction of sp³-hybridized carbons (Fsp3) is 1.00. The van der Waals surface area contributed by atoms with Crippen molar-refractivity contribution in [2.24, 2.45) is 17.8 Å². The predicted octanol–water partition coefficient (Wildman–Crippen LogP) is 3.20. The Morgan fingerprint density at radius 2 is 1.40 bits per heavy atom. The van der Waals surface area contributed by atoms with Gasteiger partial charge in [0.1, 0.15) is 0 Å². The van der Waals surface area contributed by atoms with E-state index in [1.165, 1.54) is 12.8 Å². The third-order valence-corrected chi connectivity index (χ3v) is 3.91. The minimum atomic E-state index is 0.760. The average molecular weight is 157 g/mol. The highest BCUT2D eigenvalue weighted by molar-refractivity contribution is 7.17. The first-order valence-corrected chi connectivity index (χ1v) is 4.90.